The van der Waals surface area contributed by atoms with Crippen LogP contribution in [-0.4, -0.2) is 29.3 Å². The van der Waals surface area contributed by atoms with Gasteiger partial charge in [-0.3, -0.25) is 0 Å². The van der Waals surface area contributed by atoms with Gasteiger partial charge in [-0.05, 0) is 69.3 Å². The monoisotopic (exact) mass is 488 g/mol. The summed E-state index contributed by atoms with van der Waals surface area (Å²) in [6, 6.07) is 16.8. The molecule has 0 radical (unpaired) electrons. The number of hydrogen-bond donors (Lipinski definition) is 1. The van der Waals surface area contributed by atoms with Gasteiger partial charge in [0.25, 0.3) is 0 Å². The molecule has 4 nitrogen and oxygen atoms in total. The summed E-state index contributed by atoms with van der Waals surface area (Å²) in [4.78, 5) is 1.36. The van der Waals surface area contributed by atoms with Gasteiger partial charge in [-0.25, -0.2) is 16.8 Å². The summed E-state index contributed by atoms with van der Waals surface area (Å²) < 4.78 is 88.1. The number of halogens is 3. The molecule has 0 spiro atoms. The summed E-state index contributed by atoms with van der Waals surface area (Å²) in [5.41, 5.74) is -0.837. The molecule has 0 aliphatic heterocycles. The molecule has 0 unspecified atom stereocenters. The van der Waals surface area contributed by atoms with Gasteiger partial charge in [-0.1, -0.05) is 18.2 Å². The van der Waals surface area contributed by atoms with Gasteiger partial charge in [0.2, 0.25) is 0 Å². The summed E-state index contributed by atoms with van der Waals surface area (Å²) in [6.07, 6.45) is -2.47. The topological polar surface area (TPSA) is 68.3 Å². The molecule has 166 valence electrons. The fourth-order valence-corrected chi connectivity index (χ4v) is 6.89. The molecule has 0 saturated carbocycles. The first-order valence-corrected chi connectivity index (χ1v) is 14.0. The zero-order valence-corrected chi connectivity index (χ0v) is 19.0. The first-order valence-electron chi connectivity index (χ1n) is 8.84. The Kier molecular flexibility index (Phi) is 6.28. The van der Waals surface area contributed by atoms with Crippen LogP contribution in [-0.2, 0) is 25.9 Å². The zero-order valence-electron chi connectivity index (χ0n) is 16.5. The van der Waals surface area contributed by atoms with Crippen LogP contribution in [0.15, 0.2) is 97.3 Å². The van der Waals surface area contributed by atoms with Crippen molar-refractivity contribution in [2.24, 2.45) is 0 Å². The van der Waals surface area contributed by atoms with E-state index in [1.807, 2.05) is 0 Å². The standard InChI is InChI=1S/C21H19F3O4S3/c1-30(25,26)19-10-4-8-17(13-19)29(16-7-3-6-15(12-16)21(22,23)24)18-9-5-11-20(14-18)31(2,27)28/h3-14,29H,1-2H3. The average Bonchev–Trinajstić information content (AvgIpc) is 2.67. The van der Waals surface area contributed by atoms with Crippen LogP contribution in [0.5, 0.6) is 0 Å². The highest BCUT2D eigenvalue weighted by Crippen LogP contribution is 2.52. The van der Waals surface area contributed by atoms with Crippen LogP contribution >= 0.6 is 10.9 Å². The smallest absolute Gasteiger partial charge is 0.224 e. The second-order valence-corrected chi connectivity index (χ2v) is 13.2. The SMILES string of the molecule is CS(=O)(=O)c1cccc([SH](c2cccc(C(F)(F)F)c2)c2cccc(S(C)(=O)=O)c2)c1. The van der Waals surface area contributed by atoms with E-state index in [9.17, 15) is 30.0 Å². The third-order valence-corrected chi connectivity index (χ3v) is 9.04. The van der Waals surface area contributed by atoms with Gasteiger partial charge in [0, 0.05) is 12.5 Å². The van der Waals surface area contributed by atoms with Crippen molar-refractivity contribution in [2.75, 3.05) is 12.5 Å². The lowest BCUT2D eigenvalue weighted by atomic mass is 10.2. The lowest BCUT2D eigenvalue weighted by Crippen LogP contribution is -2.05. The van der Waals surface area contributed by atoms with Gasteiger partial charge in [0.1, 0.15) is 0 Å². The van der Waals surface area contributed by atoms with E-state index in [2.05, 4.69) is 0 Å². The second kappa shape index (κ2) is 8.33. The Hall–Kier alpha value is -2.30. The van der Waals surface area contributed by atoms with E-state index in [-0.39, 0.29) is 9.79 Å². The highest BCUT2D eigenvalue weighted by Gasteiger charge is 2.31. The van der Waals surface area contributed by atoms with Crippen LogP contribution in [0.2, 0.25) is 0 Å². The Bertz CT molecular complexity index is 1260. The molecule has 0 atom stereocenters. The molecule has 3 rings (SSSR count). The summed E-state index contributed by atoms with van der Waals surface area (Å²) in [5.74, 6) is 0. The van der Waals surface area contributed by atoms with E-state index < -0.39 is 42.3 Å². The van der Waals surface area contributed by atoms with E-state index in [0.29, 0.717) is 14.7 Å². The zero-order chi connectivity index (χ0) is 23.0. The van der Waals surface area contributed by atoms with Crippen LogP contribution < -0.4 is 0 Å². The number of benzene rings is 3. The fourth-order valence-electron chi connectivity index (χ4n) is 2.98. The van der Waals surface area contributed by atoms with Crippen LogP contribution in [0, 0.1) is 0 Å². The Morgan fingerprint density at radius 1 is 0.645 bits per heavy atom. The minimum atomic E-state index is -4.56. The number of alkyl halides is 3. The molecule has 0 aromatic heterocycles. The average molecular weight is 489 g/mol. The van der Waals surface area contributed by atoms with Crippen molar-refractivity contribution in [3.63, 3.8) is 0 Å². The third kappa shape index (κ3) is 5.50. The van der Waals surface area contributed by atoms with Gasteiger partial charge in [0.15, 0.2) is 19.7 Å². The van der Waals surface area contributed by atoms with E-state index in [1.165, 1.54) is 48.5 Å². The lowest BCUT2D eigenvalue weighted by molar-refractivity contribution is -0.137. The van der Waals surface area contributed by atoms with Crippen molar-refractivity contribution < 1.29 is 30.0 Å². The fraction of sp³-hybridized carbons (Fsp3) is 0.143. The van der Waals surface area contributed by atoms with Gasteiger partial charge in [-0.2, -0.15) is 24.1 Å². The first kappa shape index (κ1) is 23.4. The van der Waals surface area contributed by atoms with Crippen molar-refractivity contribution in [2.45, 2.75) is 30.7 Å². The largest absolute Gasteiger partial charge is 0.416 e. The summed E-state index contributed by atoms with van der Waals surface area (Å²) in [5, 5.41) is 0. The van der Waals surface area contributed by atoms with Crippen LogP contribution in [0.25, 0.3) is 0 Å². The summed E-state index contributed by atoms with van der Waals surface area (Å²) >= 11 is 0. The molecule has 10 heteroatoms. The molecule has 3 aromatic rings. The van der Waals surface area contributed by atoms with Crippen molar-refractivity contribution in [1.29, 1.82) is 0 Å². The number of sulfone groups is 2. The van der Waals surface area contributed by atoms with Gasteiger partial charge in [0.05, 0.1) is 15.4 Å². The Morgan fingerprint density at radius 2 is 1.03 bits per heavy atom. The molecular weight excluding hydrogens is 469 g/mol. The predicted molar refractivity (Wildman–Crippen MR) is 114 cm³/mol. The lowest BCUT2D eigenvalue weighted by Gasteiger charge is -2.25. The van der Waals surface area contributed by atoms with Gasteiger partial charge < -0.3 is 0 Å². The highest BCUT2D eigenvalue weighted by atomic mass is 32.2. The third-order valence-electron chi connectivity index (χ3n) is 4.44. The second-order valence-electron chi connectivity index (χ2n) is 6.92. The first-order chi connectivity index (χ1) is 14.3. The minimum absolute atomic E-state index is 0.0312. The maximum absolute atomic E-state index is 13.3. The van der Waals surface area contributed by atoms with Gasteiger partial charge in [-0.15, -0.1) is 0 Å². The summed E-state index contributed by atoms with van der Waals surface area (Å²) in [6.45, 7) is 0. The Morgan fingerprint density at radius 3 is 1.42 bits per heavy atom. The molecular formula is C21H19F3O4S3. The molecule has 3 aromatic carbocycles. The van der Waals surface area contributed by atoms with Crippen LogP contribution in [0.3, 0.4) is 0 Å². The maximum Gasteiger partial charge on any atom is 0.416 e. The molecule has 31 heavy (non-hydrogen) atoms. The molecule has 0 N–H and O–H groups in total. The number of rotatable bonds is 5. The van der Waals surface area contributed by atoms with Crippen LogP contribution in [0.1, 0.15) is 5.56 Å². The van der Waals surface area contributed by atoms with Crippen molar-refractivity contribution in [1.82, 2.24) is 0 Å². The summed E-state index contributed by atoms with van der Waals surface area (Å²) in [7, 11) is -8.77. The molecule has 0 amide bonds. The predicted octanol–water partition coefficient (Wildman–Crippen LogP) is 4.99. The number of thiol groups is 1. The molecule has 0 heterocycles. The molecule has 0 saturated heterocycles. The van der Waals surface area contributed by atoms with E-state index in [4.69, 9.17) is 0 Å². The minimum Gasteiger partial charge on any atom is -0.224 e. The van der Waals surface area contributed by atoms with E-state index >= 15 is 0 Å². The van der Waals surface area contributed by atoms with E-state index in [0.717, 1.165) is 24.6 Å². The van der Waals surface area contributed by atoms with Gasteiger partial charge >= 0.3 is 6.18 Å². The Balaban J connectivity index is 2.29. The van der Waals surface area contributed by atoms with E-state index in [1.54, 1.807) is 12.1 Å². The normalized spacial score (nSPS) is 13.1. The quantitative estimate of drug-likeness (QED) is 0.514. The number of hydrogen-bond acceptors (Lipinski definition) is 4. The molecule has 0 bridgehead atoms. The van der Waals surface area contributed by atoms with Crippen LogP contribution in [0.4, 0.5) is 13.2 Å². The van der Waals surface area contributed by atoms with Crippen molar-refractivity contribution >= 4 is 30.6 Å². The highest BCUT2D eigenvalue weighted by molar-refractivity contribution is 8.17. The maximum atomic E-state index is 13.3. The molecule has 0 aliphatic carbocycles. The van der Waals surface area contributed by atoms with Crippen molar-refractivity contribution in [3.8, 4) is 0 Å². The van der Waals surface area contributed by atoms with Crippen molar-refractivity contribution in [3.05, 3.63) is 78.4 Å². The Labute approximate surface area is 181 Å². The molecule has 0 fully saturated rings. The molecule has 0 aliphatic rings.